The number of pyridine rings is 1. The van der Waals surface area contributed by atoms with Crippen LogP contribution in [-0.4, -0.2) is 73.0 Å². The molecule has 0 atom stereocenters. The summed E-state index contributed by atoms with van der Waals surface area (Å²) in [5.41, 5.74) is 2.81. The zero-order valence-corrected chi connectivity index (χ0v) is 16.7. The third-order valence-electron chi connectivity index (χ3n) is 5.01. The van der Waals surface area contributed by atoms with Crippen LogP contribution in [0.1, 0.15) is 29.7 Å². The number of methoxy groups -OCH3 is 1. The number of carbonyl (C=O) groups is 2. The summed E-state index contributed by atoms with van der Waals surface area (Å²) < 4.78 is 5.44. The van der Waals surface area contributed by atoms with Crippen molar-refractivity contribution in [2.24, 2.45) is 5.92 Å². The zero-order valence-electron chi connectivity index (χ0n) is 16.7. The number of urea groups is 1. The molecule has 144 valence electrons. The van der Waals surface area contributed by atoms with Crippen molar-refractivity contribution < 1.29 is 14.3 Å². The standard InChI is InChI=1S/C19H30N4O3/c1-13-11-20-16(14(2)17(13)26-6)12-22(5)18(24)15-7-9-23(10-8-15)19(25)21(3)4/h11,15H,7-10,12H2,1-6H3. The molecule has 0 radical (unpaired) electrons. The average molecular weight is 362 g/mol. The Kier molecular flexibility index (Phi) is 6.45. The van der Waals surface area contributed by atoms with E-state index in [0.717, 1.165) is 22.6 Å². The lowest BCUT2D eigenvalue weighted by Crippen LogP contribution is -2.46. The smallest absolute Gasteiger partial charge is 0.319 e. The largest absolute Gasteiger partial charge is 0.496 e. The summed E-state index contributed by atoms with van der Waals surface area (Å²) in [6, 6.07) is 0.0100. The predicted octanol–water partition coefficient (Wildman–Crippen LogP) is 2.06. The average Bonchev–Trinajstić information content (AvgIpc) is 2.63. The maximum Gasteiger partial charge on any atom is 0.319 e. The van der Waals surface area contributed by atoms with Crippen molar-refractivity contribution in [3.05, 3.63) is 23.0 Å². The van der Waals surface area contributed by atoms with E-state index in [-0.39, 0.29) is 17.9 Å². The Morgan fingerprint density at radius 2 is 1.85 bits per heavy atom. The molecule has 0 bridgehead atoms. The molecular formula is C19H30N4O3. The quantitative estimate of drug-likeness (QED) is 0.822. The number of rotatable bonds is 4. The predicted molar refractivity (Wildman–Crippen MR) is 100 cm³/mol. The molecule has 2 heterocycles. The van der Waals surface area contributed by atoms with E-state index in [4.69, 9.17) is 4.74 Å². The molecule has 3 amide bonds. The van der Waals surface area contributed by atoms with Crippen molar-refractivity contribution in [3.63, 3.8) is 0 Å². The van der Waals surface area contributed by atoms with Gasteiger partial charge in [0.25, 0.3) is 0 Å². The lowest BCUT2D eigenvalue weighted by Gasteiger charge is -2.34. The number of nitrogens with zero attached hydrogens (tertiary/aromatic N) is 4. The second-order valence-corrected chi connectivity index (χ2v) is 7.18. The third kappa shape index (κ3) is 4.26. The Labute approximate surface area is 155 Å². The number of aryl methyl sites for hydroxylation is 1. The Morgan fingerprint density at radius 1 is 1.23 bits per heavy atom. The highest BCUT2D eigenvalue weighted by Crippen LogP contribution is 2.26. The van der Waals surface area contributed by atoms with Gasteiger partial charge in [-0.2, -0.15) is 0 Å². The van der Waals surface area contributed by atoms with Crippen molar-refractivity contribution in [2.75, 3.05) is 41.3 Å². The monoisotopic (exact) mass is 362 g/mol. The van der Waals surface area contributed by atoms with E-state index in [2.05, 4.69) is 4.98 Å². The van der Waals surface area contributed by atoms with Gasteiger partial charge in [0.05, 0.1) is 19.3 Å². The van der Waals surface area contributed by atoms with Gasteiger partial charge in [-0.25, -0.2) is 4.79 Å². The van der Waals surface area contributed by atoms with Gasteiger partial charge in [-0.15, -0.1) is 0 Å². The molecule has 1 aromatic heterocycles. The van der Waals surface area contributed by atoms with Gasteiger partial charge in [0.1, 0.15) is 5.75 Å². The number of amides is 3. The Hall–Kier alpha value is -2.31. The van der Waals surface area contributed by atoms with Crippen molar-refractivity contribution in [1.29, 1.82) is 0 Å². The summed E-state index contributed by atoms with van der Waals surface area (Å²) in [7, 11) is 6.96. The molecule has 0 unspecified atom stereocenters. The van der Waals surface area contributed by atoms with E-state index in [1.54, 1.807) is 42.1 Å². The van der Waals surface area contributed by atoms with Gasteiger partial charge in [0.2, 0.25) is 5.91 Å². The van der Waals surface area contributed by atoms with Crippen molar-refractivity contribution >= 4 is 11.9 Å². The first-order chi connectivity index (χ1) is 12.3. The van der Waals surface area contributed by atoms with Gasteiger partial charge in [0.15, 0.2) is 0 Å². The topological polar surface area (TPSA) is 66.0 Å². The van der Waals surface area contributed by atoms with Crippen molar-refractivity contribution in [2.45, 2.75) is 33.2 Å². The van der Waals surface area contributed by atoms with E-state index in [0.29, 0.717) is 32.5 Å². The molecule has 7 heteroatoms. The fourth-order valence-electron chi connectivity index (χ4n) is 3.45. The fourth-order valence-corrected chi connectivity index (χ4v) is 3.45. The van der Waals surface area contributed by atoms with Crippen LogP contribution < -0.4 is 4.74 Å². The summed E-state index contributed by atoms with van der Waals surface area (Å²) in [6.07, 6.45) is 3.18. The maximum absolute atomic E-state index is 12.8. The molecule has 0 aliphatic carbocycles. The van der Waals surface area contributed by atoms with Gasteiger partial charge in [0, 0.05) is 57.5 Å². The van der Waals surface area contributed by atoms with Crippen LogP contribution in [0.15, 0.2) is 6.20 Å². The van der Waals surface area contributed by atoms with Crippen LogP contribution in [0.5, 0.6) is 5.75 Å². The van der Waals surface area contributed by atoms with Crippen LogP contribution in [-0.2, 0) is 11.3 Å². The summed E-state index contributed by atoms with van der Waals surface area (Å²) >= 11 is 0. The van der Waals surface area contributed by atoms with E-state index >= 15 is 0 Å². The molecule has 1 aromatic rings. The van der Waals surface area contributed by atoms with E-state index in [1.165, 1.54) is 0 Å². The highest BCUT2D eigenvalue weighted by Gasteiger charge is 2.30. The van der Waals surface area contributed by atoms with Gasteiger partial charge in [-0.3, -0.25) is 9.78 Å². The third-order valence-corrected chi connectivity index (χ3v) is 5.01. The van der Waals surface area contributed by atoms with Gasteiger partial charge in [-0.1, -0.05) is 0 Å². The second-order valence-electron chi connectivity index (χ2n) is 7.18. The molecule has 1 saturated heterocycles. The lowest BCUT2D eigenvalue weighted by molar-refractivity contribution is -0.136. The van der Waals surface area contributed by atoms with Crippen LogP contribution in [0.25, 0.3) is 0 Å². The van der Waals surface area contributed by atoms with Crippen molar-refractivity contribution in [1.82, 2.24) is 19.7 Å². The Morgan fingerprint density at radius 3 is 2.38 bits per heavy atom. The van der Waals surface area contributed by atoms with Gasteiger partial charge >= 0.3 is 6.03 Å². The van der Waals surface area contributed by atoms with Gasteiger partial charge < -0.3 is 19.4 Å². The number of hydrogen-bond acceptors (Lipinski definition) is 4. The second kappa shape index (κ2) is 8.38. The first kappa shape index (κ1) is 20.0. The summed E-state index contributed by atoms with van der Waals surface area (Å²) in [5, 5.41) is 0. The highest BCUT2D eigenvalue weighted by atomic mass is 16.5. The minimum absolute atomic E-state index is 0.0100. The number of carbonyl (C=O) groups excluding carboxylic acids is 2. The molecule has 1 aliphatic rings. The number of ether oxygens (including phenoxy) is 1. The molecule has 2 rings (SSSR count). The van der Waals surface area contributed by atoms with Crippen LogP contribution in [0, 0.1) is 19.8 Å². The Bertz CT molecular complexity index is 667. The fraction of sp³-hybridized carbons (Fsp3) is 0.632. The lowest BCUT2D eigenvalue weighted by atomic mass is 9.95. The normalized spacial score (nSPS) is 14.9. The molecule has 1 fully saturated rings. The van der Waals surface area contributed by atoms with Crippen LogP contribution in [0.4, 0.5) is 4.79 Å². The number of piperidine rings is 1. The molecule has 0 saturated carbocycles. The molecule has 26 heavy (non-hydrogen) atoms. The molecular weight excluding hydrogens is 332 g/mol. The number of hydrogen-bond donors (Lipinski definition) is 0. The zero-order chi connectivity index (χ0) is 19.4. The summed E-state index contributed by atoms with van der Waals surface area (Å²) in [6.45, 7) is 5.63. The number of aromatic nitrogens is 1. The molecule has 0 N–H and O–H groups in total. The summed E-state index contributed by atoms with van der Waals surface area (Å²) in [4.78, 5) is 34.4. The first-order valence-corrected chi connectivity index (χ1v) is 8.96. The van der Waals surface area contributed by atoms with Gasteiger partial charge in [-0.05, 0) is 26.7 Å². The maximum atomic E-state index is 12.8. The molecule has 0 aromatic carbocycles. The van der Waals surface area contributed by atoms with Crippen LogP contribution in [0.2, 0.25) is 0 Å². The summed E-state index contributed by atoms with van der Waals surface area (Å²) in [5.74, 6) is 0.896. The van der Waals surface area contributed by atoms with E-state index in [1.807, 2.05) is 20.9 Å². The van der Waals surface area contributed by atoms with Crippen LogP contribution >= 0.6 is 0 Å². The minimum atomic E-state index is -0.0427. The minimum Gasteiger partial charge on any atom is -0.496 e. The highest BCUT2D eigenvalue weighted by molar-refractivity contribution is 5.79. The van der Waals surface area contributed by atoms with E-state index < -0.39 is 0 Å². The van der Waals surface area contributed by atoms with Crippen molar-refractivity contribution in [3.8, 4) is 5.75 Å². The first-order valence-electron chi connectivity index (χ1n) is 8.96. The number of likely N-dealkylation sites (tertiary alicyclic amines) is 1. The molecule has 7 nitrogen and oxygen atoms in total. The van der Waals surface area contributed by atoms with E-state index in [9.17, 15) is 9.59 Å². The van der Waals surface area contributed by atoms with Crippen LogP contribution in [0.3, 0.4) is 0 Å². The Balaban J connectivity index is 1.98. The molecule has 1 aliphatic heterocycles. The SMILES string of the molecule is COc1c(C)cnc(CN(C)C(=O)C2CCN(C(=O)N(C)C)CC2)c1C. The molecule has 0 spiro atoms.